The number of aryl methyl sites for hydroxylation is 2. The van der Waals surface area contributed by atoms with E-state index in [1.165, 1.54) is 5.39 Å². The molecule has 0 aliphatic rings. The Bertz CT molecular complexity index is 1060. The number of hydrogen-bond donors (Lipinski definition) is 1. The van der Waals surface area contributed by atoms with Crippen LogP contribution in [0.25, 0.3) is 10.9 Å². The molecule has 0 aliphatic heterocycles. The number of benzene rings is 2. The quantitative estimate of drug-likeness (QED) is 0.567. The maximum absolute atomic E-state index is 11.1. The number of fused-ring (bicyclic) bond motifs is 1. The molecule has 1 atom stereocenters. The Labute approximate surface area is 171 Å². The molecule has 5 heteroatoms. The number of carboxylic acid groups (broad SMARTS) is 1. The first-order chi connectivity index (χ1) is 14.0. The molecule has 0 saturated carbocycles. The van der Waals surface area contributed by atoms with Crippen LogP contribution in [0, 0.1) is 11.8 Å². The third kappa shape index (κ3) is 4.78. The molecule has 0 bridgehead atoms. The summed E-state index contributed by atoms with van der Waals surface area (Å²) in [6.45, 7) is 4.32. The number of aliphatic carboxylic acids is 1. The summed E-state index contributed by atoms with van der Waals surface area (Å²) in [4.78, 5) is 11.1. The molecule has 0 aliphatic carbocycles. The summed E-state index contributed by atoms with van der Waals surface area (Å²) in [6.07, 6.45) is 2.01. The van der Waals surface area contributed by atoms with Gasteiger partial charge < -0.3 is 9.84 Å². The molecule has 3 aromatic rings. The third-order valence-corrected chi connectivity index (χ3v) is 4.89. The average molecular weight is 390 g/mol. The molecule has 150 valence electrons. The normalized spacial score (nSPS) is 11.7. The van der Waals surface area contributed by atoms with Crippen molar-refractivity contribution in [3.05, 3.63) is 59.3 Å². The van der Waals surface area contributed by atoms with E-state index in [-0.39, 0.29) is 12.3 Å². The smallest absolute Gasteiger partial charge is 0.304 e. The third-order valence-electron chi connectivity index (χ3n) is 4.89. The van der Waals surface area contributed by atoms with Gasteiger partial charge in [-0.05, 0) is 31.0 Å². The van der Waals surface area contributed by atoms with Crippen LogP contribution in [0.5, 0.6) is 5.75 Å². The van der Waals surface area contributed by atoms with Crippen molar-refractivity contribution < 1.29 is 14.6 Å². The van der Waals surface area contributed by atoms with Crippen LogP contribution < -0.4 is 4.74 Å². The van der Waals surface area contributed by atoms with E-state index in [2.05, 4.69) is 36.0 Å². The molecule has 1 N–H and O–H groups in total. The summed E-state index contributed by atoms with van der Waals surface area (Å²) in [5, 5.41) is 14.9. The second-order valence-electron chi connectivity index (χ2n) is 7.04. The summed E-state index contributed by atoms with van der Waals surface area (Å²) in [6, 6.07) is 13.7. The summed E-state index contributed by atoms with van der Waals surface area (Å²) in [5.41, 5.74) is 4.20. The van der Waals surface area contributed by atoms with E-state index >= 15 is 0 Å². The Balaban J connectivity index is 1.76. The van der Waals surface area contributed by atoms with E-state index in [1.54, 1.807) is 6.92 Å². The topological polar surface area (TPSA) is 64.3 Å². The lowest BCUT2D eigenvalue weighted by atomic mass is 9.96. The van der Waals surface area contributed by atoms with E-state index in [0.717, 1.165) is 40.9 Å². The highest BCUT2D eigenvalue weighted by Crippen LogP contribution is 2.26. The average Bonchev–Trinajstić information content (AvgIpc) is 3.03. The van der Waals surface area contributed by atoms with Gasteiger partial charge in [-0.3, -0.25) is 9.48 Å². The highest BCUT2D eigenvalue weighted by atomic mass is 16.5. The zero-order valence-electron chi connectivity index (χ0n) is 17.1. The Morgan fingerprint density at radius 1 is 1.24 bits per heavy atom. The largest absolute Gasteiger partial charge is 0.489 e. The number of hydrogen-bond acceptors (Lipinski definition) is 3. The van der Waals surface area contributed by atoms with Gasteiger partial charge in [0.1, 0.15) is 12.4 Å². The van der Waals surface area contributed by atoms with Gasteiger partial charge in [0.25, 0.3) is 0 Å². The summed E-state index contributed by atoms with van der Waals surface area (Å²) >= 11 is 0. The van der Waals surface area contributed by atoms with Gasteiger partial charge in [0.2, 0.25) is 0 Å². The Kier molecular flexibility index (Phi) is 6.56. The lowest BCUT2D eigenvalue weighted by molar-refractivity contribution is -0.137. The summed E-state index contributed by atoms with van der Waals surface area (Å²) in [7, 11) is 1.97. The molecule has 1 heterocycles. The number of rotatable bonds is 8. The minimum atomic E-state index is -0.857. The van der Waals surface area contributed by atoms with E-state index in [4.69, 9.17) is 9.84 Å². The van der Waals surface area contributed by atoms with E-state index in [1.807, 2.05) is 42.1 Å². The van der Waals surface area contributed by atoms with Gasteiger partial charge in [0.05, 0.1) is 23.5 Å². The van der Waals surface area contributed by atoms with Crippen LogP contribution in [0.4, 0.5) is 0 Å². The van der Waals surface area contributed by atoms with Crippen LogP contribution in [0.15, 0.2) is 42.5 Å². The van der Waals surface area contributed by atoms with Gasteiger partial charge in [-0.1, -0.05) is 49.6 Å². The van der Waals surface area contributed by atoms with E-state index in [9.17, 15) is 4.79 Å². The van der Waals surface area contributed by atoms with Crippen molar-refractivity contribution in [2.24, 2.45) is 7.05 Å². The van der Waals surface area contributed by atoms with Gasteiger partial charge >= 0.3 is 5.97 Å². The zero-order valence-corrected chi connectivity index (χ0v) is 17.1. The number of carbonyl (C=O) groups is 1. The lowest BCUT2D eigenvalue weighted by Gasteiger charge is -2.11. The maximum atomic E-state index is 11.1. The molecule has 2 aromatic carbocycles. The van der Waals surface area contributed by atoms with Gasteiger partial charge in [-0.15, -0.1) is 5.92 Å². The van der Waals surface area contributed by atoms with Crippen molar-refractivity contribution in [3.63, 3.8) is 0 Å². The molecule has 3 rings (SSSR count). The van der Waals surface area contributed by atoms with Crippen molar-refractivity contribution >= 4 is 16.9 Å². The molecule has 0 spiro atoms. The number of aromatic nitrogens is 2. The standard InChI is InChI=1S/C24H26N2O3/c1-4-7-18(15-23(27)28)17-11-13-20(14-12-17)29-16-19-9-6-10-21-22(8-5-2)25-26(3)24(19)21/h6,9-14,18H,5,8,15-16H2,1-3H3,(H,27,28)/t18-/m0/s1. The maximum Gasteiger partial charge on any atom is 0.304 e. The molecular weight excluding hydrogens is 364 g/mol. The summed E-state index contributed by atoms with van der Waals surface area (Å²) in [5.74, 6) is 5.34. The van der Waals surface area contributed by atoms with Gasteiger partial charge in [-0.25, -0.2) is 0 Å². The predicted octanol–water partition coefficient (Wildman–Crippen LogP) is 4.69. The number of para-hydroxylation sites is 1. The predicted molar refractivity (Wildman–Crippen MR) is 114 cm³/mol. The molecule has 29 heavy (non-hydrogen) atoms. The molecule has 0 amide bonds. The molecule has 0 fully saturated rings. The molecule has 0 saturated heterocycles. The number of nitrogens with zero attached hydrogens (tertiary/aromatic N) is 2. The van der Waals surface area contributed by atoms with Crippen LogP contribution in [0.2, 0.25) is 0 Å². The van der Waals surface area contributed by atoms with Crippen LogP contribution >= 0.6 is 0 Å². The molecule has 5 nitrogen and oxygen atoms in total. The minimum Gasteiger partial charge on any atom is -0.489 e. The van der Waals surface area contributed by atoms with Crippen molar-refractivity contribution in [2.75, 3.05) is 0 Å². The fourth-order valence-corrected chi connectivity index (χ4v) is 3.59. The fourth-order valence-electron chi connectivity index (χ4n) is 3.59. The highest BCUT2D eigenvalue weighted by molar-refractivity contribution is 5.85. The van der Waals surface area contributed by atoms with Gasteiger partial charge in [-0.2, -0.15) is 5.10 Å². The van der Waals surface area contributed by atoms with Gasteiger partial charge in [0, 0.05) is 18.0 Å². The highest BCUT2D eigenvalue weighted by Gasteiger charge is 2.14. The molecule has 0 unspecified atom stereocenters. The van der Waals surface area contributed by atoms with Crippen molar-refractivity contribution in [1.29, 1.82) is 0 Å². The summed E-state index contributed by atoms with van der Waals surface area (Å²) < 4.78 is 7.94. The number of carboxylic acids is 1. The van der Waals surface area contributed by atoms with Crippen molar-refractivity contribution in [1.82, 2.24) is 9.78 Å². The second-order valence-corrected chi connectivity index (χ2v) is 7.04. The minimum absolute atomic E-state index is 0.0103. The SMILES string of the molecule is CC#C[C@@H](CC(=O)O)c1ccc(OCc2cccc3c(CCC)nn(C)c23)cc1. The Hall–Kier alpha value is -3.26. The molecule has 1 aromatic heterocycles. The van der Waals surface area contributed by atoms with Crippen molar-refractivity contribution in [2.45, 2.75) is 45.6 Å². The van der Waals surface area contributed by atoms with E-state index in [0.29, 0.717) is 6.61 Å². The second kappa shape index (κ2) is 9.29. The first kappa shape index (κ1) is 20.5. The van der Waals surface area contributed by atoms with Crippen LogP contribution in [0.1, 0.15) is 49.4 Å². The Morgan fingerprint density at radius 3 is 2.66 bits per heavy atom. The first-order valence-electron chi connectivity index (χ1n) is 9.83. The van der Waals surface area contributed by atoms with Crippen molar-refractivity contribution in [3.8, 4) is 17.6 Å². The Morgan fingerprint density at radius 2 is 2.00 bits per heavy atom. The molecular formula is C24H26N2O3. The van der Waals surface area contributed by atoms with E-state index < -0.39 is 5.97 Å². The monoisotopic (exact) mass is 390 g/mol. The van der Waals surface area contributed by atoms with Gasteiger partial charge in [0.15, 0.2) is 0 Å². The van der Waals surface area contributed by atoms with Crippen LogP contribution in [0.3, 0.4) is 0 Å². The zero-order chi connectivity index (χ0) is 20.8. The molecule has 0 radical (unpaired) electrons. The first-order valence-corrected chi connectivity index (χ1v) is 9.83. The lowest BCUT2D eigenvalue weighted by Crippen LogP contribution is -2.05. The van der Waals surface area contributed by atoms with Crippen LogP contribution in [-0.4, -0.2) is 20.9 Å². The fraction of sp³-hybridized carbons (Fsp3) is 0.333. The van der Waals surface area contributed by atoms with Crippen LogP contribution in [-0.2, 0) is 24.9 Å². The number of ether oxygens (including phenoxy) is 1.